The molecule has 0 radical (unpaired) electrons. The number of amides is 2. The Balaban J connectivity index is 1.45. The van der Waals surface area contributed by atoms with Gasteiger partial charge in [0.25, 0.3) is 5.91 Å². The lowest BCUT2D eigenvalue weighted by Crippen LogP contribution is -2.47. The Kier molecular flexibility index (Phi) is 5.87. The van der Waals surface area contributed by atoms with Crippen LogP contribution < -0.4 is 20.3 Å². The summed E-state index contributed by atoms with van der Waals surface area (Å²) in [6, 6.07) is 12.8. The zero-order valence-electron chi connectivity index (χ0n) is 16.1. The predicted octanol–water partition coefficient (Wildman–Crippen LogP) is 3.66. The molecule has 9 heteroatoms. The van der Waals surface area contributed by atoms with Crippen molar-refractivity contribution < 1.29 is 14.3 Å². The van der Waals surface area contributed by atoms with Gasteiger partial charge in [0.1, 0.15) is 16.5 Å². The summed E-state index contributed by atoms with van der Waals surface area (Å²) in [6.07, 6.45) is 0. The second kappa shape index (κ2) is 8.73. The maximum absolute atomic E-state index is 12.6. The van der Waals surface area contributed by atoms with Crippen molar-refractivity contribution in [1.82, 2.24) is 10.3 Å². The van der Waals surface area contributed by atoms with Crippen LogP contribution in [-0.2, 0) is 4.79 Å². The number of carbonyl (C=O) groups is 2. The molecule has 0 saturated carbocycles. The van der Waals surface area contributed by atoms with Gasteiger partial charge in [0.15, 0.2) is 0 Å². The number of hydrogen-bond donors (Lipinski definition) is 2. The Labute approximate surface area is 182 Å². The second-order valence-electron chi connectivity index (χ2n) is 6.66. The van der Waals surface area contributed by atoms with E-state index >= 15 is 0 Å². The van der Waals surface area contributed by atoms with Gasteiger partial charge in [-0.25, -0.2) is 4.98 Å². The fourth-order valence-electron chi connectivity index (χ4n) is 3.12. The van der Waals surface area contributed by atoms with Crippen molar-refractivity contribution in [3.63, 3.8) is 0 Å². The van der Waals surface area contributed by atoms with Crippen molar-refractivity contribution >= 4 is 46.1 Å². The average Bonchev–Trinajstić information content (AvgIpc) is 3.24. The first-order valence-corrected chi connectivity index (χ1v) is 10.5. The van der Waals surface area contributed by atoms with Crippen LogP contribution in [0, 0.1) is 0 Å². The van der Waals surface area contributed by atoms with Gasteiger partial charge in [0.05, 0.1) is 24.4 Å². The quantitative estimate of drug-likeness (QED) is 0.630. The number of anilines is 2. The van der Waals surface area contributed by atoms with Crippen LogP contribution >= 0.6 is 22.9 Å². The zero-order chi connectivity index (χ0) is 21.1. The summed E-state index contributed by atoms with van der Waals surface area (Å²) in [5.74, 6) is 0.414. The van der Waals surface area contributed by atoms with E-state index in [2.05, 4.69) is 15.6 Å². The normalized spacial score (nSPS) is 13.7. The number of thiazole rings is 1. The summed E-state index contributed by atoms with van der Waals surface area (Å²) in [5.41, 5.74) is 2.57. The number of nitrogens with one attached hydrogen (secondary N) is 2. The van der Waals surface area contributed by atoms with E-state index in [9.17, 15) is 9.59 Å². The molecule has 30 heavy (non-hydrogen) atoms. The highest BCUT2D eigenvalue weighted by atomic mass is 35.5. The molecule has 0 atom stereocenters. The van der Waals surface area contributed by atoms with Gasteiger partial charge in [0, 0.05) is 29.7 Å². The molecule has 1 aromatic heterocycles. The average molecular weight is 443 g/mol. The molecule has 7 nitrogen and oxygen atoms in total. The number of piperazine rings is 1. The van der Waals surface area contributed by atoms with Crippen LogP contribution in [0.25, 0.3) is 10.6 Å². The summed E-state index contributed by atoms with van der Waals surface area (Å²) < 4.78 is 5.16. The molecule has 1 aliphatic heterocycles. The smallest absolute Gasteiger partial charge is 0.275 e. The van der Waals surface area contributed by atoms with Crippen molar-refractivity contribution in [3.05, 3.63) is 58.6 Å². The molecule has 2 amide bonds. The maximum Gasteiger partial charge on any atom is 0.275 e. The highest BCUT2D eigenvalue weighted by Gasteiger charge is 2.19. The lowest BCUT2D eigenvalue weighted by molar-refractivity contribution is -0.120. The summed E-state index contributed by atoms with van der Waals surface area (Å²) in [4.78, 5) is 30.6. The molecular weight excluding hydrogens is 424 g/mol. The largest absolute Gasteiger partial charge is 0.497 e. The molecule has 1 aliphatic rings. The standard InChI is InChI=1S/C21H19ClN4O3S/c1-29-15-5-2-13(3-6-15)21-25-17(12-30-21)20(28)24-14-4-7-18(16(22)10-14)26-9-8-23-19(27)11-26/h2-7,10,12H,8-9,11H2,1H3,(H,23,27)(H,24,28). The Morgan fingerprint density at radius 1 is 1.27 bits per heavy atom. The van der Waals surface area contributed by atoms with Gasteiger partial charge in [-0.1, -0.05) is 11.6 Å². The minimum Gasteiger partial charge on any atom is -0.497 e. The molecule has 1 fully saturated rings. The number of halogens is 1. The van der Waals surface area contributed by atoms with Gasteiger partial charge in [-0.05, 0) is 42.5 Å². The first-order valence-electron chi connectivity index (χ1n) is 9.26. The van der Waals surface area contributed by atoms with Crippen molar-refractivity contribution in [1.29, 1.82) is 0 Å². The molecule has 0 unspecified atom stereocenters. The molecule has 0 aliphatic carbocycles. The number of rotatable bonds is 5. The van der Waals surface area contributed by atoms with Gasteiger partial charge in [-0.15, -0.1) is 11.3 Å². The maximum atomic E-state index is 12.6. The highest BCUT2D eigenvalue weighted by molar-refractivity contribution is 7.13. The third-order valence-corrected chi connectivity index (χ3v) is 5.85. The summed E-state index contributed by atoms with van der Waals surface area (Å²) in [6.45, 7) is 1.52. The van der Waals surface area contributed by atoms with Gasteiger partial charge >= 0.3 is 0 Å². The number of ether oxygens (including phenoxy) is 1. The molecule has 4 rings (SSSR count). The van der Waals surface area contributed by atoms with Gasteiger partial charge in [-0.2, -0.15) is 0 Å². The zero-order valence-corrected chi connectivity index (χ0v) is 17.7. The Morgan fingerprint density at radius 2 is 2.07 bits per heavy atom. The molecule has 3 aromatic rings. The summed E-state index contributed by atoms with van der Waals surface area (Å²) >= 11 is 7.80. The van der Waals surface area contributed by atoms with E-state index in [1.54, 1.807) is 30.7 Å². The van der Waals surface area contributed by atoms with E-state index in [0.717, 1.165) is 22.0 Å². The van der Waals surface area contributed by atoms with Crippen LogP contribution in [-0.4, -0.2) is 43.5 Å². The van der Waals surface area contributed by atoms with E-state index < -0.39 is 0 Å². The molecule has 2 heterocycles. The third kappa shape index (κ3) is 4.39. The predicted molar refractivity (Wildman–Crippen MR) is 119 cm³/mol. The van der Waals surface area contributed by atoms with Gasteiger partial charge in [0.2, 0.25) is 5.91 Å². The van der Waals surface area contributed by atoms with E-state index in [0.29, 0.717) is 29.5 Å². The topological polar surface area (TPSA) is 83.6 Å². The molecule has 0 spiro atoms. The minimum atomic E-state index is -0.313. The Morgan fingerprint density at radius 3 is 2.77 bits per heavy atom. The molecule has 1 saturated heterocycles. The van der Waals surface area contributed by atoms with Crippen molar-refractivity contribution in [2.45, 2.75) is 0 Å². The molecule has 2 aromatic carbocycles. The van der Waals surface area contributed by atoms with Gasteiger partial charge < -0.3 is 20.3 Å². The van der Waals surface area contributed by atoms with Crippen molar-refractivity contribution in [3.8, 4) is 16.3 Å². The molecule has 0 bridgehead atoms. The van der Waals surface area contributed by atoms with Crippen LogP contribution in [0.15, 0.2) is 47.8 Å². The Bertz CT molecular complexity index is 1080. The first-order chi connectivity index (χ1) is 14.5. The van der Waals surface area contributed by atoms with Crippen LogP contribution in [0.2, 0.25) is 5.02 Å². The van der Waals surface area contributed by atoms with Crippen LogP contribution in [0.3, 0.4) is 0 Å². The lowest BCUT2D eigenvalue weighted by Gasteiger charge is -2.29. The molecule has 154 valence electrons. The van der Waals surface area contributed by atoms with E-state index in [1.165, 1.54) is 11.3 Å². The SMILES string of the molecule is COc1ccc(-c2nc(C(=O)Nc3ccc(N4CCNC(=O)C4)c(Cl)c3)cs2)cc1. The van der Waals surface area contributed by atoms with E-state index in [1.807, 2.05) is 29.2 Å². The third-order valence-electron chi connectivity index (χ3n) is 4.66. The Hall–Kier alpha value is -3.10. The highest BCUT2D eigenvalue weighted by Crippen LogP contribution is 2.30. The van der Waals surface area contributed by atoms with Crippen molar-refractivity contribution in [2.24, 2.45) is 0 Å². The second-order valence-corrected chi connectivity index (χ2v) is 7.92. The fraction of sp³-hybridized carbons (Fsp3) is 0.190. The number of aromatic nitrogens is 1. The van der Waals surface area contributed by atoms with Crippen LogP contribution in [0.5, 0.6) is 5.75 Å². The molecular formula is C21H19ClN4O3S. The first kappa shape index (κ1) is 20.2. The van der Waals surface area contributed by atoms with E-state index in [4.69, 9.17) is 16.3 Å². The van der Waals surface area contributed by atoms with Crippen LogP contribution in [0.1, 0.15) is 10.5 Å². The van der Waals surface area contributed by atoms with Gasteiger partial charge in [-0.3, -0.25) is 9.59 Å². The number of methoxy groups -OCH3 is 1. The number of nitrogens with zero attached hydrogens (tertiary/aromatic N) is 2. The van der Waals surface area contributed by atoms with E-state index in [-0.39, 0.29) is 18.4 Å². The lowest BCUT2D eigenvalue weighted by atomic mass is 10.2. The fourth-order valence-corrected chi connectivity index (χ4v) is 4.23. The van der Waals surface area contributed by atoms with Crippen molar-refractivity contribution in [2.75, 3.05) is 37.0 Å². The number of carbonyl (C=O) groups excluding carboxylic acids is 2. The van der Waals surface area contributed by atoms with Crippen LogP contribution in [0.4, 0.5) is 11.4 Å². The number of benzene rings is 2. The summed E-state index contributed by atoms with van der Waals surface area (Å²) in [5, 5.41) is 8.55. The number of hydrogen-bond acceptors (Lipinski definition) is 6. The minimum absolute atomic E-state index is 0.0362. The monoisotopic (exact) mass is 442 g/mol. The summed E-state index contributed by atoms with van der Waals surface area (Å²) in [7, 11) is 1.61. The molecule has 2 N–H and O–H groups in total.